The van der Waals surface area contributed by atoms with E-state index in [1.807, 2.05) is 10.5 Å². The number of para-hydroxylation sites is 1. The molecule has 3 heterocycles. The van der Waals surface area contributed by atoms with Crippen LogP contribution in [0.3, 0.4) is 0 Å². The van der Waals surface area contributed by atoms with E-state index < -0.39 is 0 Å². The summed E-state index contributed by atoms with van der Waals surface area (Å²) in [6.45, 7) is 9.14. The number of benzene rings is 1. The van der Waals surface area contributed by atoms with E-state index in [9.17, 15) is 0 Å². The van der Waals surface area contributed by atoms with Gasteiger partial charge in [0.15, 0.2) is 0 Å². The summed E-state index contributed by atoms with van der Waals surface area (Å²) in [4.78, 5) is 9.79. The second kappa shape index (κ2) is 9.85. The van der Waals surface area contributed by atoms with Crippen LogP contribution in [0.4, 0.5) is 5.69 Å². The van der Waals surface area contributed by atoms with Crippen LogP contribution in [0.25, 0.3) is 5.65 Å². The molecule has 6 heteroatoms. The Hall–Kier alpha value is -3.38. The highest BCUT2D eigenvalue weighted by Crippen LogP contribution is 2.21. The molecule has 1 fully saturated rings. The molecule has 34 heavy (non-hydrogen) atoms. The summed E-state index contributed by atoms with van der Waals surface area (Å²) in [5.74, 6) is 0.434. The van der Waals surface area contributed by atoms with Gasteiger partial charge in [-0.05, 0) is 49.1 Å². The first-order chi connectivity index (χ1) is 16.6. The zero-order valence-electron chi connectivity index (χ0n) is 20.2. The van der Waals surface area contributed by atoms with E-state index in [2.05, 4.69) is 89.8 Å². The maximum absolute atomic E-state index is 8.72. The number of fused-ring (bicyclic) bond motifs is 1. The van der Waals surface area contributed by atoms with Crippen LogP contribution in [0.5, 0.6) is 0 Å². The molecule has 1 aromatic carbocycles. The number of anilines is 1. The van der Waals surface area contributed by atoms with Gasteiger partial charge in [0.2, 0.25) is 0 Å². The van der Waals surface area contributed by atoms with Crippen LogP contribution in [0.15, 0.2) is 72.5 Å². The normalized spacial score (nSPS) is 18.8. The number of piperazine rings is 1. The SMILES string of the molecule is CCc1nc2ccc(C)cn2c1C(=N)NCC1=CCC(N2CCN(c3ccccc3)CC2)C=C1. The summed E-state index contributed by atoms with van der Waals surface area (Å²) in [7, 11) is 0. The predicted molar refractivity (Wildman–Crippen MR) is 140 cm³/mol. The Bertz CT molecular complexity index is 1210. The van der Waals surface area contributed by atoms with Gasteiger partial charge in [0.05, 0.1) is 5.69 Å². The number of pyridine rings is 1. The lowest BCUT2D eigenvalue weighted by Crippen LogP contribution is -2.50. The lowest BCUT2D eigenvalue weighted by molar-refractivity contribution is 0.215. The Labute approximate surface area is 202 Å². The van der Waals surface area contributed by atoms with Crippen molar-refractivity contribution in [3.05, 3.63) is 89.4 Å². The van der Waals surface area contributed by atoms with E-state index >= 15 is 0 Å². The van der Waals surface area contributed by atoms with Crippen LogP contribution in [-0.2, 0) is 6.42 Å². The molecule has 3 aromatic rings. The summed E-state index contributed by atoms with van der Waals surface area (Å²) in [6, 6.07) is 15.3. The number of aromatic nitrogens is 2. The van der Waals surface area contributed by atoms with Crippen molar-refractivity contribution in [2.24, 2.45) is 0 Å². The number of nitrogens with zero attached hydrogens (tertiary/aromatic N) is 4. The van der Waals surface area contributed by atoms with Crippen molar-refractivity contribution in [3.8, 4) is 0 Å². The second-order valence-corrected chi connectivity index (χ2v) is 9.22. The van der Waals surface area contributed by atoms with Crippen molar-refractivity contribution in [1.82, 2.24) is 19.6 Å². The molecule has 176 valence electrons. The molecule has 5 rings (SSSR count). The molecule has 1 aliphatic carbocycles. The monoisotopic (exact) mass is 454 g/mol. The zero-order chi connectivity index (χ0) is 23.5. The molecule has 2 aromatic heterocycles. The maximum atomic E-state index is 8.72. The Morgan fingerprint density at radius 2 is 1.88 bits per heavy atom. The lowest BCUT2D eigenvalue weighted by Gasteiger charge is -2.39. The first kappa shape index (κ1) is 22.4. The van der Waals surface area contributed by atoms with Crippen LogP contribution in [0.1, 0.15) is 30.3 Å². The average molecular weight is 455 g/mol. The topological polar surface area (TPSA) is 59.7 Å². The Morgan fingerprint density at radius 3 is 2.59 bits per heavy atom. The van der Waals surface area contributed by atoms with Crippen LogP contribution >= 0.6 is 0 Å². The largest absolute Gasteiger partial charge is 0.369 e. The van der Waals surface area contributed by atoms with Crippen molar-refractivity contribution >= 4 is 17.2 Å². The summed E-state index contributed by atoms with van der Waals surface area (Å²) in [5, 5.41) is 12.1. The average Bonchev–Trinajstić information content (AvgIpc) is 3.26. The summed E-state index contributed by atoms with van der Waals surface area (Å²) in [6.07, 6.45) is 10.8. The van der Waals surface area contributed by atoms with Crippen molar-refractivity contribution in [3.63, 3.8) is 0 Å². The summed E-state index contributed by atoms with van der Waals surface area (Å²) >= 11 is 0. The highest BCUT2D eigenvalue weighted by atomic mass is 15.3. The van der Waals surface area contributed by atoms with Crippen molar-refractivity contribution in [1.29, 1.82) is 5.41 Å². The maximum Gasteiger partial charge on any atom is 0.145 e. The van der Waals surface area contributed by atoms with Gasteiger partial charge in [-0.3, -0.25) is 14.7 Å². The Morgan fingerprint density at radius 1 is 1.09 bits per heavy atom. The van der Waals surface area contributed by atoms with Crippen LogP contribution < -0.4 is 10.2 Å². The van der Waals surface area contributed by atoms with E-state index in [0.29, 0.717) is 18.4 Å². The van der Waals surface area contributed by atoms with Gasteiger partial charge < -0.3 is 10.2 Å². The molecule has 2 aliphatic rings. The molecular weight excluding hydrogens is 420 g/mol. The van der Waals surface area contributed by atoms with Crippen molar-refractivity contribution in [2.75, 3.05) is 37.6 Å². The number of hydrogen-bond acceptors (Lipinski definition) is 4. The minimum atomic E-state index is 0.434. The van der Waals surface area contributed by atoms with E-state index in [1.165, 1.54) is 11.3 Å². The fourth-order valence-corrected chi connectivity index (χ4v) is 4.99. The number of amidine groups is 1. The fraction of sp³-hybridized carbons (Fsp3) is 0.357. The predicted octanol–water partition coefficient (Wildman–Crippen LogP) is 4.20. The molecule has 6 nitrogen and oxygen atoms in total. The van der Waals surface area contributed by atoms with E-state index in [-0.39, 0.29) is 0 Å². The molecule has 0 spiro atoms. The number of nitrogens with one attached hydrogen (secondary N) is 2. The van der Waals surface area contributed by atoms with Gasteiger partial charge in [-0.2, -0.15) is 0 Å². The number of rotatable bonds is 6. The van der Waals surface area contributed by atoms with Gasteiger partial charge in [0.25, 0.3) is 0 Å². The molecule has 1 saturated heterocycles. The number of hydrogen-bond donors (Lipinski definition) is 2. The molecule has 1 atom stereocenters. The van der Waals surface area contributed by atoms with Gasteiger partial charge in [-0.1, -0.05) is 49.4 Å². The van der Waals surface area contributed by atoms with Crippen LogP contribution in [-0.4, -0.2) is 58.9 Å². The molecule has 0 amide bonds. The Kier molecular flexibility index (Phi) is 6.50. The van der Waals surface area contributed by atoms with Crippen LogP contribution in [0.2, 0.25) is 0 Å². The molecule has 0 bridgehead atoms. The summed E-state index contributed by atoms with van der Waals surface area (Å²) in [5.41, 5.74) is 6.46. The molecule has 0 radical (unpaired) electrons. The second-order valence-electron chi connectivity index (χ2n) is 9.22. The molecule has 2 N–H and O–H groups in total. The van der Waals surface area contributed by atoms with Crippen LogP contribution in [0, 0.1) is 12.3 Å². The third kappa shape index (κ3) is 4.64. The fourth-order valence-electron chi connectivity index (χ4n) is 4.99. The minimum Gasteiger partial charge on any atom is -0.369 e. The quantitative estimate of drug-likeness (QED) is 0.433. The van der Waals surface area contributed by atoms with Gasteiger partial charge in [0, 0.05) is 50.6 Å². The number of aryl methyl sites for hydroxylation is 2. The zero-order valence-corrected chi connectivity index (χ0v) is 20.2. The highest BCUT2D eigenvalue weighted by Gasteiger charge is 2.23. The smallest absolute Gasteiger partial charge is 0.145 e. The molecular formula is C28H34N6. The first-order valence-electron chi connectivity index (χ1n) is 12.3. The Balaban J connectivity index is 1.16. The number of imidazole rings is 1. The standard InChI is InChI=1S/C28H34N6/c1-3-25-27(34-20-21(2)9-14-26(34)31-25)28(29)30-19-22-10-12-24(13-11-22)33-17-15-32(16-18-33)23-7-5-4-6-8-23/h4-12,14,20,24H,3,13,15-19H2,1-2H3,(H2,29,30). The third-order valence-electron chi connectivity index (χ3n) is 6.94. The van der Waals surface area contributed by atoms with Gasteiger partial charge in [-0.25, -0.2) is 4.98 Å². The van der Waals surface area contributed by atoms with Crippen molar-refractivity contribution in [2.45, 2.75) is 32.7 Å². The highest BCUT2D eigenvalue weighted by molar-refractivity contribution is 5.97. The molecule has 1 unspecified atom stereocenters. The third-order valence-corrected chi connectivity index (χ3v) is 6.94. The van der Waals surface area contributed by atoms with E-state index in [4.69, 9.17) is 10.4 Å². The summed E-state index contributed by atoms with van der Waals surface area (Å²) < 4.78 is 2.04. The minimum absolute atomic E-state index is 0.434. The first-order valence-corrected chi connectivity index (χ1v) is 12.3. The van der Waals surface area contributed by atoms with Crippen molar-refractivity contribution < 1.29 is 0 Å². The lowest BCUT2D eigenvalue weighted by atomic mass is 10.0. The van der Waals surface area contributed by atoms with Gasteiger partial charge in [0.1, 0.15) is 17.2 Å². The molecule has 1 aliphatic heterocycles. The molecule has 0 saturated carbocycles. The van der Waals surface area contributed by atoms with Gasteiger partial charge >= 0.3 is 0 Å². The van der Waals surface area contributed by atoms with Gasteiger partial charge in [-0.15, -0.1) is 0 Å². The van der Waals surface area contributed by atoms with E-state index in [1.54, 1.807) is 0 Å². The van der Waals surface area contributed by atoms with E-state index in [0.717, 1.165) is 61.6 Å².